The van der Waals surface area contributed by atoms with E-state index in [0.717, 1.165) is 30.7 Å². The maximum atomic E-state index is 13.0. The number of halogens is 1. The monoisotopic (exact) mass is 688 g/mol. The molecule has 42 heavy (non-hydrogen) atoms. The molecule has 2 heterocycles. The second kappa shape index (κ2) is 15.4. The van der Waals surface area contributed by atoms with Crippen LogP contribution in [0.1, 0.15) is 99.6 Å². The van der Waals surface area contributed by atoms with Crippen molar-refractivity contribution in [3.8, 4) is 0 Å². The molecule has 234 valence electrons. The number of likely N-dealkylation sites (N-methyl/N-ethyl adjacent to an activating group) is 1. The van der Waals surface area contributed by atoms with Gasteiger partial charge in [0.15, 0.2) is 17.1 Å². The smallest absolute Gasteiger partial charge is 0.196 e. The fourth-order valence-corrected chi connectivity index (χ4v) is 6.71. The summed E-state index contributed by atoms with van der Waals surface area (Å²) in [5.41, 5.74) is 6.73. The molecule has 0 saturated carbocycles. The van der Waals surface area contributed by atoms with Gasteiger partial charge in [-0.3, -0.25) is 14.5 Å². The number of piperidine rings is 2. The zero-order chi connectivity index (χ0) is 30.4. The number of hydrogen-bond acceptors (Lipinski definition) is 3. The molecule has 0 atom stereocenters. The summed E-state index contributed by atoms with van der Waals surface area (Å²) in [7, 11) is 2.27. The minimum Gasteiger partial charge on any atom is -1.00 e. The van der Waals surface area contributed by atoms with Crippen molar-refractivity contribution < 1.29 is 38.0 Å². The van der Waals surface area contributed by atoms with Gasteiger partial charge in [-0.25, -0.2) is 0 Å². The molecule has 0 aliphatic carbocycles. The van der Waals surface area contributed by atoms with Crippen LogP contribution >= 0.6 is 0 Å². The van der Waals surface area contributed by atoms with Crippen LogP contribution in [0.3, 0.4) is 0 Å². The number of rotatable bonds is 8. The third-order valence-electron chi connectivity index (χ3n) is 10.6. The first-order valence-electron chi connectivity index (χ1n) is 16.0. The molecule has 4 nitrogen and oxygen atoms in total. The van der Waals surface area contributed by atoms with Crippen LogP contribution < -0.4 is 24.0 Å². The molecule has 2 aliphatic heterocycles. The SMILES string of the molecule is Cc1cccc(C)c1CC(=O)C(C)(C)N1CCCCC1.Cc1cccc(C)c1CC(=O)C(C)(C)[N+]1(C)CCCCC1.[I-]. The molecular weight excluding hydrogens is 631 g/mol. The second-order valence-electron chi connectivity index (χ2n) is 14.0. The number of carbonyl (C=O) groups is 2. The average molecular weight is 689 g/mol. The summed E-state index contributed by atoms with van der Waals surface area (Å²) in [4.78, 5) is 28.2. The minimum absolute atomic E-state index is 0. The van der Waals surface area contributed by atoms with Crippen molar-refractivity contribution in [1.82, 2.24) is 4.90 Å². The maximum absolute atomic E-state index is 13.0. The van der Waals surface area contributed by atoms with Crippen molar-refractivity contribution in [3.63, 3.8) is 0 Å². The van der Waals surface area contributed by atoms with Gasteiger partial charge in [0, 0.05) is 12.8 Å². The lowest BCUT2D eigenvalue weighted by Crippen LogP contribution is -3.00. The van der Waals surface area contributed by atoms with Crippen molar-refractivity contribution in [2.24, 2.45) is 0 Å². The van der Waals surface area contributed by atoms with Crippen LogP contribution in [0.15, 0.2) is 36.4 Å². The predicted molar refractivity (Wildman–Crippen MR) is 173 cm³/mol. The lowest BCUT2D eigenvalue weighted by atomic mass is 9.85. The third kappa shape index (κ3) is 8.53. The maximum Gasteiger partial charge on any atom is 0.196 e. The van der Waals surface area contributed by atoms with E-state index in [1.54, 1.807) is 0 Å². The number of ketones is 2. The van der Waals surface area contributed by atoms with E-state index in [1.807, 2.05) is 0 Å². The van der Waals surface area contributed by atoms with E-state index in [2.05, 4.69) is 104 Å². The van der Waals surface area contributed by atoms with Crippen LogP contribution in [0.25, 0.3) is 0 Å². The lowest BCUT2D eigenvalue weighted by molar-refractivity contribution is -0.949. The van der Waals surface area contributed by atoms with Gasteiger partial charge in [-0.1, -0.05) is 42.8 Å². The highest BCUT2D eigenvalue weighted by molar-refractivity contribution is 5.90. The standard InChI is InChI=1S/C19H30NO.C18H27NO.HI/c1-15-10-9-11-16(2)17(15)14-18(21)19(3,4)20(5)12-7-6-8-13-20;1-14-9-8-10-15(2)16(14)13-17(20)18(3,4)19-11-6-5-7-12-19;/h9-11H,6-8,12-14H2,1-5H3;8-10H,5-7,11-13H2,1-4H3;1H/q+1;;/p-1. The average Bonchev–Trinajstić information content (AvgIpc) is 2.94. The molecule has 0 spiro atoms. The first kappa shape index (κ1) is 36.6. The number of Topliss-reactive ketones (excluding diaryl/α,β-unsaturated/α-hetero) is 2. The van der Waals surface area contributed by atoms with Gasteiger partial charge in [0.1, 0.15) is 0 Å². The van der Waals surface area contributed by atoms with E-state index in [0.29, 0.717) is 24.4 Å². The number of carbonyl (C=O) groups excluding carboxylic acids is 2. The summed E-state index contributed by atoms with van der Waals surface area (Å²) in [6, 6.07) is 12.6. The molecule has 2 aromatic carbocycles. The van der Waals surface area contributed by atoms with Crippen LogP contribution in [0.2, 0.25) is 0 Å². The molecule has 2 aliphatic rings. The Morgan fingerprint density at radius 2 is 1.05 bits per heavy atom. The fourth-order valence-electron chi connectivity index (χ4n) is 6.71. The number of likely N-dealkylation sites (tertiary alicyclic amines) is 2. The Kier molecular flexibility index (Phi) is 13.5. The quantitative estimate of drug-likeness (QED) is 0.303. The van der Waals surface area contributed by atoms with Gasteiger partial charge < -0.3 is 28.5 Å². The summed E-state index contributed by atoms with van der Waals surface area (Å²) in [6.45, 7) is 21.3. The number of benzene rings is 2. The van der Waals surface area contributed by atoms with Crippen LogP contribution in [0.4, 0.5) is 0 Å². The van der Waals surface area contributed by atoms with E-state index < -0.39 is 0 Å². The van der Waals surface area contributed by atoms with E-state index in [-0.39, 0.29) is 35.1 Å². The molecule has 2 fully saturated rings. The first-order valence-corrected chi connectivity index (χ1v) is 16.0. The van der Waals surface area contributed by atoms with Crippen molar-refractivity contribution in [2.45, 2.75) is 118 Å². The minimum atomic E-state index is -0.338. The summed E-state index contributed by atoms with van der Waals surface area (Å²) in [5, 5.41) is 0. The zero-order valence-corrected chi connectivity index (χ0v) is 30.2. The molecule has 2 saturated heterocycles. The number of quaternary nitrogens is 1. The summed E-state index contributed by atoms with van der Waals surface area (Å²) in [6.07, 6.45) is 8.68. The Labute approximate surface area is 274 Å². The van der Waals surface area contributed by atoms with E-state index in [9.17, 15) is 9.59 Å². The van der Waals surface area contributed by atoms with Crippen molar-refractivity contribution in [2.75, 3.05) is 33.2 Å². The molecular formula is C37H57IN2O2. The third-order valence-corrected chi connectivity index (χ3v) is 10.6. The van der Waals surface area contributed by atoms with Gasteiger partial charge >= 0.3 is 0 Å². The van der Waals surface area contributed by atoms with Gasteiger partial charge in [0.2, 0.25) is 0 Å². The largest absolute Gasteiger partial charge is 1.00 e. The topological polar surface area (TPSA) is 37.4 Å². The summed E-state index contributed by atoms with van der Waals surface area (Å²) < 4.78 is 0.900. The molecule has 0 N–H and O–H groups in total. The van der Waals surface area contributed by atoms with Crippen LogP contribution in [-0.2, 0) is 22.4 Å². The molecule has 0 aromatic heterocycles. The van der Waals surface area contributed by atoms with Crippen molar-refractivity contribution in [3.05, 3.63) is 69.8 Å². The number of hydrogen-bond donors (Lipinski definition) is 0. The predicted octanol–water partition coefficient (Wildman–Crippen LogP) is 4.51. The second-order valence-corrected chi connectivity index (χ2v) is 14.0. The van der Waals surface area contributed by atoms with Gasteiger partial charge in [0.05, 0.1) is 25.7 Å². The molecule has 0 amide bonds. The molecule has 5 heteroatoms. The van der Waals surface area contributed by atoms with Gasteiger partial charge in [-0.2, -0.15) is 0 Å². The fraction of sp³-hybridized carbons (Fsp3) is 0.622. The summed E-state index contributed by atoms with van der Waals surface area (Å²) >= 11 is 0. The summed E-state index contributed by atoms with van der Waals surface area (Å²) in [5.74, 6) is 0.723. The van der Waals surface area contributed by atoms with Gasteiger partial charge in [-0.15, -0.1) is 0 Å². The Bertz CT molecular complexity index is 1160. The number of aryl methyl sites for hydroxylation is 4. The van der Waals surface area contributed by atoms with Gasteiger partial charge in [-0.05, 0) is 134 Å². The van der Waals surface area contributed by atoms with Crippen molar-refractivity contribution in [1.29, 1.82) is 0 Å². The lowest BCUT2D eigenvalue weighted by Gasteiger charge is -2.48. The Hall–Kier alpha value is -1.57. The molecule has 0 radical (unpaired) electrons. The normalized spacial score (nSPS) is 17.5. The van der Waals surface area contributed by atoms with Gasteiger partial charge in [0.25, 0.3) is 0 Å². The Morgan fingerprint density at radius 1 is 0.667 bits per heavy atom. The van der Waals surface area contributed by atoms with E-state index in [1.165, 1.54) is 71.9 Å². The highest BCUT2D eigenvalue weighted by Gasteiger charge is 2.46. The molecule has 2 aromatic rings. The molecule has 4 rings (SSSR count). The Balaban J connectivity index is 0.000000287. The first-order chi connectivity index (χ1) is 19.2. The zero-order valence-electron chi connectivity index (χ0n) is 28.0. The Morgan fingerprint density at radius 3 is 1.48 bits per heavy atom. The number of nitrogens with zero attached hydrogens (tertiary/aromatic N) is 2. The van der Waals surface area contributed by atoms with Crippen molar-refractivity contribution >= 4 is 11.6 Å². The van der Waals surface area contributed by atoms with Crippen LogP contribution in [0.5, 0.6) is 0 Å². The molecule has 0 unspecified atom stereocenters. The molecule has 0 bridgehead atoms. The highest BCUT2D eigenvalue weighted by atomic mass is 127. The van der Waals surface area contributed by atoms with E-state index >= 15 is 0 Å². The van der Waals surface area contributed by atoms with E-state index in [4.69, 9.17) is 0 Å². The highest BCUT2D eigenvalue weighted by Crippen LogP contribution is 2.31. The van der Waals surface area contributed by atoms with Crippen LogP contribution in [0, 0.1) is 27.7 Å². The van der Waals surface area contributed by atoms with Crippen LogP contribution in [-0.4, -0.2) is 65.3 Å².